The normalized spacial score (nSPS) is 36.1. The molecule has 2 aliphatic rings. The Morgan fingerprint density at radius 3 is 2.93 bits per heavy atom. The average molecular weight is 232 g/mol. The highest BCUT2D eigenvalue weighted by molar-refractivity contribution is 6.18. The molecule has 0 bridgehead atoms. The molecule has 2 heterocycles. The molecule has 0 saturated carbocycles. The predicted molar refractivity (Wildman–Crippen MR) is 59.0 cm³/mol. The van der Waals surface area contributed by atoms with Gasteiger partial charge in [0.15, 0.2) is 0 Å². The van der Waals surface area contributed by atoms with Gasteiger partial charge in [0, 0.05) is 25.1 Å². The summed E-state index contributed by atoms with van der Waals surface area (Å²) in [5.41, 5.74) is 0. The lowest BCUT2D eigenvalue weighted by Gasteiger charge is -2.27. The Kier molecular flexibility index (Phi) is 3.52. The maximum atomic E-state index is 12.2. The van der Waals surface area contributed by atoms with Crippen LogP contribution in [0.15, 0.2) is 0 Å². The van der Waals surface area contributed by atoms with E-state index in [4.69, 9.17) is 16.3 Å². The molecule has 0 spiro atoms. The number of alkyl halides is 1. The zero-order valence-corrected chi connectivity index (χ0v) is 9.87. The molecule has 2 fully saturated rings. The van der Waals surface area contributed by atoms with E-state index < -0.39 is 0 Å². The van der Waals surface area contributed by atoms with Gasteiger partial charge in [0.05, 0.1) is 12.0 Å². The highest BCUT2D eigenvalue weighted by Crippen LogP contribution is 2.27. The fourth-order valence-electron chi connectivity index (χ4n) is 2.56. The maximum absolute atomic E-state index is 12.2. The van der Waals surface area contributed by atoms with Crippen molar-refractivity contribution in [1.29, 1.82) is 0 Å². The number of carbonyl (C=O) groups excluding carboxylic acids is 1. The quantitative estimate of drug-likeness (QED) is 0.677. The van der Waals surface area contributed by atoms with Gasteiger partial charge in [-0.25, -0.2) is 0 Å². The minimum Gasteiger partial charge on any atom is -0.378 e. The number of halogens is 1. The van der Waals surface area contributed by atoms with E-state index in [0.717, 1.165) is 32.4 Å². The molecule has 0 N–H and O–H groups in total. The largest absolute Gasteiger partial charge is 0.378 e. The summed E-state index contributed by atoms with van der Waals surface area (Å²) >= 11 is 5.86. The van der Waals surface area contributed by atoms with Crippen LogP contribution in [0.3, 0.4) is 0 Å². The molecule has 3 atom stereocenters. The van der Waals surface area contributed by atoms with Crippen LogP contribution in [0.2, 0.25) is 0 Å². The molecule has 0 aromatic heterocycles. The minimum atomic E-state index is 0.0637. The smallest absolute Gasteiger partial charge is 0.228 e. The van der Waals surface area contributed by atoms with Crippen LogP contribution in [-0.4, -0.2) is 42.0 Å². The Morgan fingerprint density at radius 2 is 2.33 bits per heavy atom. The Bertz CT molecular complexity index is 247. The summed E-state index contributed by atoms with van der Waals surface area (Å²) in [5.74, 6) is 0.880. The van der Waals surface area contributed by atoms with Crippen LogP contribution in [0.4, 0.5) is 0 Å². The Labute approximate surface area is 95.7 Å². The van der Waals surface area contributed by atoms with Crippen LogP contribution in [0.25, 0.3) is 0 Å². The third kappa shape index (κ3) is 2.13. The van der Waals surface area contributed by atoms with E-state index in [1.54, 1.807) is 0 Å². The number of nitrogens with zero attached hydrogens (tertiary/aromatic N) is 1. The molecule has 1 amide bonds. The van der Waals surface area contributed by atoms with E-state index in [2.05, 4.69) is 0 Å². The topological polar surface area (TPSA) is 29.5 Å². The Hall–Kier alpha value is -0.280. The van der Waals surface area contributed by atoms with Crippen molar-refractivity contribution in [3.63, 3.8) is 0 Å². The number of rotatable bonds is 2. The Morgan fingerprint density at radius 1 is 1.53 bits per heavy atom. The molecule has 2 aliphatic heterocycles. The third-order valence-electron chi connectivity index (χ3n) is 3.53. The zero-order chi connectivity index (χ0) is 10.8. The van der Waals surface area contributed by atoms with Gasteiger partial charge in [0.2, 0.25) is 5.91 Å². The van der Waals surface area contributed by atoms with Crippen LogP contribution >= 0.6 is 11.6 Å². The fraction of sp³-hybridized carbons (Fsp3) is 0.909. The van der Waals surface area contributed by atoms with Crippen molar-refractivity contribution in [2.24, 2.45) is 5.92 Å². The standard InChI is InChI=1S/C11H18ClNO2/c1-8-10(4-6-15-8)11(14)13-5-2-3-9(13)7-12/h8-10H,2-7H2,1H3/t8?,9-,10?/m0/s1. The van der Waals surface area contributed by atoms with Gasteiger partial charge in [0.1, 0.15) is 0 Å². The second-order valence-corrected chi connectivity index (χ2v) is 4.76. The van der Waals surface area contributed by atoms with E-state index >= 15 is 0 Å². The number of likely N-dealkylation sites (tertiary alicyclic amines) is 1. The highest BCUT2D eigenvalue weighted by atomic mass is 35.5. The van der Waals surface area contributed by atoms with Crippen LogP contribution < -0.4 is 0 Å². The monoisotopic (exact) mass is 231 g/mol. The first-order chi connectivity index (χ1) is 7.24. The van der Waals surface area contributed by atoms with Crippen molar-refractivity contribution in [2.75, 3.05) is 19.0 Å². The maximum Gasteiger partial charge on any atom is 0.228 e. The van der Waals surface area contributed by atoms with Crippen molar-refractivity contribution in [2.45, 2.75) is 38.3 Å². The summed E-state index contributed by atoms with van der Waals surface area (Å²) in [5, 5.41) is 0. The molecule has 0 aromatic rings. The lowest BCUT2D eigenvalue weighted by molar-refractivity contribution is -0.137. The van der Waals surface area contributed by atoms with Gasteiger partial charge in [-0.1, -0.05) is 0 Å². The molecule has 86 valence electrons. The average Bonchev–Trinajstić information content (AvgIpc) is 2.84. The molecule has 4 heteroatoms. The lowest BCUT2D eigenvalue weighted by atomic mass is 10.0. The second-order valence-electron chi connectivity index (χ2n) is 4.45. The summed E-state index contributed by atoms with van der Waals surface area (Å²) < 4.78 is 5.43. The van der Waals surface area contributed by atoms with E-state index in [-0.39, 0.29) is 24.0 Å². The van der Waals surface area contributed by atoms with E-state index in [1.165, 1.54) is 0 Å². The molecular formula is C11H18ClNO2. The third-order valence-corrected chi connectivity index (χ3v) is 3.89. The first-order valence-corrected chi connectivity index (χ1v) is 6.25. The number of carbonyl (C=O) groups is 1. The van der Waals surface area contributed by atoms with Gasteiger partial charge in [-0.05, 0) is 26.2 Å². The highest BCUT2D eigenvalue weighted by Gasteiger charge is 2.37. The first kappa shape index (κ1) is 11.2. The predicted octanol–water partition coefficient (Wildman–Crippen LogP) is 1.64. The summed E-state index contributed by atoms with van der Waals surface area (Å²) in [4.78, 5) is 14.2. The molecule has 2 unspecified atom stereocenters. The van der Waals surface area contributed by atoms with Crippen LogP contribution in [-0.2, 0) is 9.53 Å². The second kappa shape index (κ2) is 4.71. The van der Waals surface area contributed by atoms with Crippen molar-refractivity contribution in [1.82, 2.24) is 4.90 Å². The van der Waals surface area contributed by atoms with Crippen LogP contribution in [0.5, 0.6) is 0 Å². The molecule has 0 aliphatic carbocycles. The zero-order valence-electron chi connectivity index (χ0n) is 9.12. The van der Waals surface area contributed by atoms with Crippen molar-refractivity contribution >= 4 is 17.5 Å². The minimum absolute atomic E-state index is 0.0637. The fourth-order valence-corrected chi connectivity index (χ4v) is 2.88. The molecule has 2 rings (SSSR count). The number of hydrogen-bond donors (Lipinski definition) is 0. The molecule has 15 heavy (non-hydrogen) atoms. The number of hydrogen-bond acceptors (Lipinski definition) is 2. The van der Waals surface area contributed by atoms with E-state index in [0.29, 0.717) is 5.88 Å². The van der Waals surface area contributed by atoms with Gasteiger partial charge < -0.3 is 9.64 Å². The molecule has 2 saturated heterocycles. The molecule has 3 nitrogen and oxygen atoms in total. The molecular weight excluding hydrogens is 214 g/mol. The SMILES string of the molecule is CC1OCCC1C(=O)N1CCC[C@H]1CCl. The van der Waals surface area contributed by atoms with Crippen molar-refractivity contribution in [3.05, 3.63) is 0 Å². The number of amides is 1. The summed E-state index contributed by atoms with van der Waals surface area (Å²) in [6, 6.07) is 0.256. The Balaban J connectivity index is 2.00. The van der Waals surface area contributed by atoms with Gasteiger partial charge in [-0.2, -0.15) is 0 Å². The number of ether oxygens (including phenoxy) is 1. The summed E-state index contributed by atoms with van der Waals surface area (Å²) in [6.45, 7) is 3.58. The van der Waals surface area contributed by atoms with Crippen LogP contribution in [0, 0.1) is 5.92 Å². The summed E-state index contributed by atoms with van der Waals surface area (Å²) in [6.07, 6.45) is 3.09. The van der Waals surface area contributed by atoms with Crippen molar-refractivity contribution in [3.8, 4) is 0 Å². The molecule has 0 radical (unpaired) electrons. The van der Waals surface area contributed by atoms with Gasteiger partial charge >= 0.3 is 0 Å². The van der Waals surface area contributed by atoms with Gasteiger partial charge in [-0.15, -0.1) is 11.6 Å². The molecule has 0 aromatic carbocycles. The lowest BCUT2D eigenvalue weighted by Crippen LogP contribution is -2.42. The summed E-state index contributed by atoms with van der Waals surface area (Å²) in [7, 11) is 0. The van der Waals surface area contributed by atoms with Crippen molar-refractivity contribution < 1.29 is 9.53 Å². The van der Waals surface area contributed by atoms with Crippen LogP contribution in [0.1, 0.15) is 26.2 Å². The van der Waals surface area contributed by atoms with E-state index in [9.17, 15) is 4.79 Å². The van der Waals surface area contributed by atoms with Gasteiger partial charge in [0.25, 0.3) is 0 Å². The first-order valence-electron chi connectivity index (χ1n) is 5.72. The van der Waals surface area contributed by atoms with E-state index in [1.807, 2.05) is 11.8 Å². The van der Waals surface area contributed by atoms with Gasteiger partial charge in [-0.3, -0.25) is 4.79 Å².